The van der Waals surface area contributed by atoms with Crippen LogP contribution in [0.3, 0.4) is 0 Å². The highest BCUT2D eigenvalue weighted by molar-refractivity contribution is 5.67. The van der Waals surface area contributed by atoms with E-state index in [1.807, 2.05) is 17.8 Å². The van der Waals surface area contributed by atoms with Crippen molar-refractivity contribution >= 4 is 5.97 Å². The van der Waals surface area contributed by atoms with E-state index in [0.29, 0.717) is 13.2 Å². The number of morpholine rings is 1. The highest BCUT2D eigenvalue weighted by Gasteiger charge is 2.22. The summed E-state index contributed by atoms with van der Waals surface area (Å²) in [7, 11) is 1.93. The quantitative estimate of drug-likeness (QED) is 0.808. The van der Waals surface area contributed by atoms with E-state index in [0.717, 1.165) is 19.5 Å². The summed E-state index contributed by atoms with van der Waals surface area (Å²) in [4.78, 5) is 12.9. The lowest BCUT2D eigenvalue weighted by Gasteiger charge is -2.32. The molecule has 1 aromatic rings. The zero-order valence-electron chi connectivity index (χ0n) is 10.6. The van der Waals surface area contributed by atoms with E-state index < -0.39 is 5.97 Å². The molecule has 2 heterocycles. The van der Waals surface area contributed by atoms with Gasteiger partial charge >= 0.3 is 5.97 Å². The number of hydrogen-bond acceptors (Lipinski definition) is 4. The van der Waals surface area contributed by atoms with Gasteiger partial charge in [-0.05, 0) is 6.07 Å². The van der Waals surface area contributed by atoms with Gasteiger partial charge in [0.25, 0.3) is 0 Å². The fourth-order valence-electron chi connectivity index (χ4n) is 2.22. The Morgan fingerprint density at radius 1 is 1.67 bits per heavy atom. The summed E-state index contributed by atoms with van der Waals surface area (Å²) in [6, 6.07) is 2.01. The number of carbonyl (C=O) groups is 1. The lowest BCUT2D eigenvalue weighted by Crippen LogP contribution is -2.44. The third-order valence-corrected chi connectivity index (χ3v) is 3.23. The first kappa shape index (κ1) is 13.0. The third kappa shape index (κ3) is 3.54. The van der Waals surface area contributed by atoms with Gasteiger partial charge in [0, 0.05) is 45.0 Å². The Bertz CT molecular complexity index is 405. The van der Waals surface area contributed by atoms with E-state index in [9.17, 15) is 4.79 Å². The standard InChI is InChI=1S/C12H19N3O3/c1-14-10(2-4-13-14)3-5-15-6-7-18-11(9-15)8-12(16)17/h2,4,11H,3,5-9H2,1H3,(H,16,17). The molecule has 0 spiro atoms. The molecule has 6 nitrogen and oxygen atoms in total. The average Bonchev–Trinajstić information content (AvgIpc) is 2.72. The molecule has 18 heavy (non-hydrogen) atoms. The molecule has 0 aromatic carbocycles. The number of rotatable bonds is 5. The normalized spacial score (nSPS) is 21.1. The van der Waals surface area contributed by atoms with Gasteiger partial charge in [0.05, 0.1) is 19.1 Å². The van der Waals surface area contributed by atoms with Gasteiger partial charge in [-0.1, -0.05) is 0 Å². The molecular formula is C12H19N3O3. The minimum atomic E-state index is -0.798. The van der Waals surface area contributed by atoms with Crippen molar-refractivity contribution in [2.75, 3.05) is 26.2 Å². The molecular weight excluding hydrogens is 234 g/mol. The van der Waals surface area contributed by atoms with Crippen LogP contribution in [0.4, 0.5) is 0 Å². The summed E-state index contributed by atoms with van der Waals surface area (Å²) >= 11 is 0. The topological polar surface area (TPSA) is 67.6 Å². The first-order chi connectivity index (χ1) is 8.65. The first-order valence-corrected chi connectivity index (χ1v) is 6.18. The number of carboxylic acid groups (broad SMARTS) is 1. The highest BCUT2D eigenvalue weighted by atomic mass is 16.5. The number of nitrogens with zero attached hydrogens (tertiary/aromatic N) is 3. The summed E-state index contributed by atoms with van der Waals surface area (Å²) in [5.41, 5.74) is 1.19. The zero-order valence-corrected chi connectivity index (χ0v) is 10.6. The number of aryl methyl sites for hydroxylation is 1. The Labute approximate surface area is 106 Å². The van der Waals surface area contributed by atoms with Crippen LogP contribution in [0.1, 0.15) is 12.1 Å². The maximum atomic E-state index is 10.7. The van der Waals surface area contributed by atoms with Crippen LogP contribution in [0.25, 0.3) is 0 Å². The molecule has 1 atom stereocenters. The van der Waals surface area contributed by atoms with Crippen molar-refractivity contribution in [3.8, 4) is 0 Å². The van der Waals surface area contributed by atoms with Gasteiger partial charge in [-0.15, -0.1) is 0 Å². The Balaban J connectivity index is 1.79. The van der Waals surface area contributed by atoms with E-state index in [-0.39, 0.29) is 12.5 Å². The van der Waals surface area contributed by atoms with Crippen LogP contribution < -0.4 is 0 Å². The monoisotopic (exact) mass is 253 g/mol. The molecule has 2 rings (SSSR count). The molecule has 1 saturated heterocycles. The third-order valence-electron chi connectivity index (χ3n) is 3.23. The maximum Gasteiger partial charge on any atom is 0.306 e. The predicted octanol–water partition coefficient (Wildman–Crippen LogP) is 0.138. The molecule has 1 aromatic heterocycles. The average molecular weight is 253 g/mol. The molecule has 0 saturated carbocycles. The van der Waals surface area contributed by atoms with Crippen molar-refractivity contribution in [3.63, 3.8) is 0 Å². The van der Waals surface area contributed by atoms with Gasteiger partial charge in [-0.2, -0.15) is 5.10 Å². The van der Waals surface area contributed by atoms with Crippen molar-refractivity contribution in [2.24, 2.45) is 7.05 Å². The number of ether oxygens (including phenoxy) is 1. The van der Waals surface area contributed by atoms with Crippen molar-refractivity contribution in [2.45, 2.75) is 18.9 Å². The Kier molecular flexibility index (Phi) is 4.33. The summed E-state index contributed by atoms with van der Waals surface area (Å²) in [5, 5.41) is 12.9. The molecule has 1 aliphatic rings. The zero-order chi connectivity index (χ0) is 13.0. The summed E-state index contributed by atoms with van der Waals surface area (Å²) in [6.07, 6.45) is 2.63. The second-order valence-corrected chi connectivity index (χ2v) is 4.59. The van der Waals surface area contributed by atoms with Crippen LogP contribution in [-0.2, 0) is 23.0 Å². The van der Waals surface area contributed by atoms with Crippen LogP contribution >= 0.6 is 0 Å². The Hall–Kier alpha value is -1.40. The molecule has 1 aliphatic heterocycles. The van der Waals surface area contributed by atoms with Crippen molar-refractivity contribution < 1.29 is 14.6 Å². The molecule has 1 fully saturated rings. The van der Waals surface area contributed by atoms with Crippen molar-refractivity contribution in [1.82, 2.24) is 14.7 Å². The number of aromatic nitrogens is 2. The lowest BCUT2D eigenvalue weighted by molar-refractivity contribution is -0.142. The van der Waals surface area contributed by atoms with Gasteiger partial charge in [0.1, 0.15) is 0 Å². The number of aliphatic carboxylic acids is 1. The van der Waals surface area contributed by atoms with Gasteiger partial charge < -0.3 is 9.84 Å². The Morgan fingerprint density at radius 3 is 3.17 bits per heavy atom. The second-order valence-electron chi connectivity index (χ2n) is 4.59. The summed E-state index contributed by atoms with van der Waals surface area (Å²) < 4.78 is 7.31. The van der Waals surface area contributed by atoms with Crippen LogP contribution in [0, 0.1) is 0 Å². The minimum absolute atomic E-state index is 0.0855. The van der Waals surface area contributed by atoms with Crippen LogP contribution in [0.5, 0.6) is 0 Å². The second kappa shape index (κ2) is 5.97. The molecule has 1 unspecified atom stereocenters. The minimum Gasteiger partial charge on any atom is -0.481 e. The summed E-state index contributed by atoms with van der Waals surface area (Å²) in [5.74, 6) is -0.798. The fraction of sp³-hybridized carbons (Fsp3) is 0.667. The van der Waals surface area contributed by atoms with Crippen LogP contribution in [0.15, 0.2) is 12.3 Å². The van der Waals surface area contributed by atoms with E-state index in [2.05, 4.69) is 10.00 Å². The van der Waals surface area contributed by atoms with Crippen molar-refractivity contribution in [1.29, 1.82) is 0 Å². The molecule has 0 aliphatic carbocycles. The SMILES string of the molecule is Cn1nccc1CCN1CCOC(CC(=O)O)C1. The Morgan fingerprint density at radius 2 is 2.50 bits per heavy atom. The molecule has 6 heteroatoms. The first-order valence-electron chi connectivity index (χ1n) is 6.18. The molecule has 0 amide bonds. The van der Waals surface area contributed by atoms with Crippen LogP contribution in [-0.4, -0.2) is 58.1 Å². The van der Waals surface area contributed by atoms with Crippen LogP contribution in [0.2, 0.25) is 0 Å². The molecule has 1 N–H and O–H groups in total. The molecule has 0 bridgehead atoms. The number of carboxylic acids is 1. The highest BCUT2D eigenvalue weighted by Crippen LogP contribution is 2.09. The fourth-order valence-corrected chi connectivity index (χ4v) is 2.22. The van der Waals surface area contributed by atoms with Gasteiger partial charge in [-0.3, -0.25) is 14.4 Å². The predicted molar refractivity (Wildman–Crippen MR) is 65.3 cm³/mol. The van der Waals surface area contributed by atoms with E-state index in [4.69, 9.17) is 9.84 Å². The smallest absolute Gasteiger partial charge is 0.306 e. The molecule has 100 valence electrons. The van der Waals surface area contributed by atoms with Crippen molar-refractivity contribution in [3.05, 3.63) is 18.0 Å². The van der Waals surface area contributed by atoms with E-state index in [1.165, 1.54) is 5.69 Å². The summed E-state index contributed by atoms with van der Waals surface area (Å²) in [6.45, 7) is 3.10. The van der Waals surface area contributed by atoms with Gasteiger partial charge in [0.15, 0.2) is 0 Å². The molecule has 0 radical (unpaired) electrons. The maximum absolute atomic E-state index is 10.7. The number of hydrogen-bond donors (Lipinski definition) is 1. The van der Waals surface area contributed by atoms with Gasteiger partial charge in [-0.25, -0.2) is 0 Å². The largest absolute Gasteiger partial charge is 0.481 e. The lowest BCUT2D eigenvalue weighted by atomic mass is 10.2. The van der Waals surface area contributed by atoms with E-state index >= 15 is 0 Å². The van der Waals surface area contributed by atoms with Gasteiger partial charge in [0.2, 0.25) is 0 Å². The van der Waals surface area contributed by atoms with E-state index in [1.54, 1.807) is 6.20 Å².